The Labute approximate surface area is 181 Å². The number of ether oxygens (including phenoxy) is 1. The van der Waals surface area contributed by atoms with Gasteiger partial charge in [0, 0.05) is 25.2 Å². The number of aromatic nitrogens is 2. The van der Waals surface area contributed by atoms with E-state index in [2.05, 4.69) is 28.8 Å². The van der Waals surface area contributed by atoms with E-state index in [9.17, 15) is 13.2 Å². The smallest absolute Gasteiger partial charge is 0.406 e. The van der Waals surface area contributed by atoms with Gasteiger partial charge < -0.3 is 15.0 Å². The van der Waals surface area contributed by atoms with Gasteiger partial charge in [-0.2, -0.15) is 4.98 Å². The zero-order chi connectivity index (χ0) is 22.0. The summed E-state index contributed by atoms with van der Waals surface area (Å²) < 4.78 is 42.0. The second kappa shape index (κ2) is 8.93. The molecule has 0 amide bonds. The van der Waals surface area contributed by atoms with Crippen molar-refractivity contribution in [1.82, 2.24) is 9.97 Å². The predicted octanol–water partition coefficient (Wildman–Crippen LogP) is 5.81. The molecule has 1 aliphatic carbocycles. The average Bonchev–Trinajstić information content (AvgIpc) is 2.72. The van der Waals surface area contributed by atoms with Crippen molar-refractivity contribution in [1.29, 1.82) is 0 Å². The molecule has 1 fully saturated rings. The third-order valence-corrected chi connectivity index (χ3v) is 6.01. The van der Waals surface area contributed by atoms with Gasteiger partial charge in [0.2, 0.25) is 5.95 Å². The van der Waals surface area contributed by atoms with Crippen molar-refractivity contribution in [2.24, 2.45) is 0 Å². The summed E-state index contributed by atoms with van der Waals surface area (Å²) in [6.07, 6.45) is 2.03. The first kappa shape index (κ1) is 21.7. The Bertz CT molecular complexity index is 910. The van der Waals surface area contributed by atoms with Crippen molar-refractivity contribution in [3.8, 4) is 5.75 Å². The van der Waals surface area contributed by atoms with Crippen LogP contribution >= 0.6 is 0 Å². The molecule has 0 spiro atoms. The minimum absolute atomic E-state index is 0.182. The number of benzene rings is 1. The number of hydrogen-bond acceptors (Lipinski definition) is 5. The highest BCUT2D eigenvalue weighted by Gasteiger charge is 2.31. The average molecular weight is 435 g/mol. The molecule has 1 aromatic carbocycles. The van der Waals surface area contributed by atoms with Crippen LogP contribution in [0.25, 0.3) is 0 Å². The van der Waals surface area contributed by atoms with Crippen LogP contribution in [0.2, 0.25) is 0 Å². The molecule has 0 radical (unpaired) electrons. The van der Waals surface area contributed by atoms with Crippen LogP contribution < -0.4 is 15.0 Å². The van der Waals surface area contributed by atoms with Gasteiger partial charge in [-0.15, -0.1) is 13.2 Å². The van der Waals surface area contributed by atoms with Crippen LogP contribution in [-0.2, 0) is 13.0 Å². The molecule has 2 aromatic rings. The summed E-state index contributed by atoms with van der Waals surface area (Å²) in [5.74, 6) is 1.52. The van der Waals surface area contributed by atoms with Crippen LogP contribution in [0, 0.1) is 0 Å². The fourth-order valence-corrected chi connectivity index (χ4v) is 4.33. The first-order valence-corrected chi connectivity index (χ1v) is 11.0. The fourth-order valence-electron chi connectivity index (χ4n) is 4.33. The molecule has 2 aliphatic rings. The van der Waals surface area contributed by atoms with E-state index in [0.29, 0.717) is 18.5 Å². The van der Waals surface area contributed by atoms with Crippen LogP contribution in [0.15, 0.2) is 24.3 Å². The molecule has 0 saturated heterocycles. The van der Waals surface area contributed by atoms with Gasteiger partial charge in [-0.1, -0.05) is 39.2 Å². The molecule has 0 bridgehead atoms. The molecule has 5 nitrogen and oxygen atoms in total. The molecule has 0 unspecified atom stereocenters. The molecule has 31 heavy (non-hydrogen) atoms. The first-order chi connectivity index (χ1) is 14.8. The molecule has 1 saturated carbocycles. The second-order valence-corrected chi connectivity index (χ2v) is 8.76. The Morgan fingerprint density at radius 1 is 1.06 bits per heavy atom. The molecule has 4 rings (SSSR count). The van der Waals surface area contributed by atoms with Crippen LogP contribution in [0.5, 0.6) is 5.75 Å². The van der Waals surface area contributed by atoms with Crippen molar-refractivity contribution in [2.75, 3.05) is 16.8 Å². The lowest BCUT2D eigenvalue weighted by molar-refractivity contribution is -0.274. The topological polar surface area (TPSA) is 50.3 Å². The van der Waals surface area contributed by atoms with Crippen molar-refractivity contribution in [3.05, 3.63) is 41.1 Å². The largest absolute Gasteiger partial charge is 0.573 e. The highest BCUT2D eigenvalue weighted by Crippen LogP contribution is 2.31. The molecule has 1 aliphatic heterocycles. The number of nitrogens with one attached hydrogen (secondary N) is 1. The summed E-state index contributed by atoms with van der Waals surface area (Å²) in [6.45, 7) is 5.44. The SMILES string of the molecule is CC(C)c1cc(N2CCc3ccc(OC(F)(F)F)cc3C2)nc(NC2CCCCC2)n1. The van der Waals surface area contributed by atoms with Gasteiger partial charge in [0.15, 0.2) is 0 Å². The first-order valence-electron chi connectivity index (χ1n) is 11.0. The fraction of sp³-hybridized carbons (Fsp3) is 0.565. The second-order valence-electron chi connectivity index (χ2n) is 8.76. The standard InChI is InChI=1S/C23H29F3N4O/c1-15(2)20-13-21(29-22(28-20)27-18-6-4-3-5-7-18)30-11-10-16-8-9-19(12-17(16)14-30)31-23(24,25)26/h8-9,12-13,15,18H,3-7,10-11,14H2,1-2H3,(H,27,28,29). The molecule has 1 aromatic heterocycles. The zero-order valence-electron chi connectivity index (χ0n) is 18.0. The third kappa shape index (κ3) is 5.60. The predicted molar refractivity (Wildman–Crippen MR) is 114 cm³/mol. The van der Waals surface area contributed by atoms with E-state index in [-0.39, 0.29) is 11.7 Å². The van der Waals surface area contributed by atoms with E-state index >= 15 is 0 Å². The van der Waals surface area contributed by atoms with Crippen molar-refractivity contribution >= 4 is 11.8 Å². The van der Waals surface area contributed by atoms with E-state index in [1.807, 2.05) is 6.07 Å². The summed E-state index contributed by atoms with van der Waals surface area (Å²) in [4.78, 5) is 11.6. The highest BCUT2D eigenvalue weighted by molar-refractivity contribution is 5.50. The van der Waals surface area contributed by atoms with Crippen LogP contribution in [0.4, 0.5) is 24.9 Å². The van der Waals surface area contributed by atoms with Gasteiger partial charge in [0.05, 0.1) is 5.69 Å². The molecule has 8 heteroatoms. The van der Waals surface area contributed by atoms with Crippen molar-refractivity contribution in [2.45, 2.75) is 77.2 Å². The minimum atomic E-state index is -4.69. The lowest BCUT2D eigenvalue weighted by Gasteiger charge is -2.31. The summed E-state index contributed by atoms with van der Waals surface area (Å²) in [6, 6.07) is 6.99. The molecular formula is C23H29F3N4O. The van der Waals surface area contributed by atoms with E-state index in [4.69, 9.17) is 9.97 Å². The zero-order valence-corrected chi connectivity index (χ0v) is 18.0. The minimum Gasteiger partial charge on any atom is -0.406 e. The molecule has 168 valence electrons. The van der Waals surface area contributed by atoms with Gasteiger partial charge in [-0.3, -0.25) is 0 Å². The maximum absolute atomic E-state index is 12.6. The maximum atomic E-state index is 12.6. The Hall–Kier alpha value is -2.51. The number of nitrogens with zero attached hydrogens (tertiary/aromatic N) is 3. The number of halogens is 3. The Morgan fingerprint density at radius 2 is 1.84 bits per heavy atom. The summed E-state index contributed by atoms with van der Waals surface area (Å²) in [5.41, 5.74) is 2.84. The van der Waals surface area contributed by atoms with Crippen molar-refractivity contribution < 1.29 is 17.9 Å². The van der Waals surface area contributed by atoms with Crippen LogP contribution in [-0.4, -0.2) is 28.9 Å². The summed E-state index contributed by atoms with van der Waals surface area (Å²) >= 11 is 0. The van der Waals surface area contributed by atoms with Gasteiger partial charge >= 0.3 is 6.36 Å². The van der Waals surface area contributed by atoms with E-state index < -0.39 is 6.36 Å². The Kier molecular flexibility index (Phi) is 6.25. The normalized spacial score (nSPS) is 17.5. The van der Waals surface area contributed by atoms with Gasteiger partial charge in [0.1, 0.15) is 11.6 Å². The number of alkyl halides is 3. The maximum Gasteiger partial charge on any atom is 0.573 e. The van der Waals surface area contributed by atoms with Crippen molar-refractivity contribution in [3.63, 3.8) is 0 Å². The monoisotopic (exact) mass is 434 g/mol. The van der Waals surface area contributed by atoms with E-state index in [1.54, 1.807) is 6.07 Å². The quantitative estimate of drug-likeness (QED) is 0.644. The van der Waals surface area contributed by atoms with Crippen LogP contribution in [0.3, 0.4) is 0 Å². The Balaban J connectivity index is 1.57. The summed E-state index contributed by atoms with van der Waals surface area (Å²) in [5, 5.41) is 3.52. The molecule has 0 atom stereocenters. The third-order valence-electron chi connectivity index (χ3n) is 6.01. The number of anilines is 2. The summed E-state index contributed by atoms with van der Waals surface area (Å²) in [7, 11) is 0. The number of fused-ring (bicyclic) bond motifs is 1. The molecular weight excluding hydrogens is 405 g/mol. The molecule has 2 heterocycles. The van der Waals surface area contributed by atoms with Gasteiger partial charge in [0.25, 0.3) is 0 Å². The number of rotatable bonds is 5. The Morgan fingerprint density at radius 3 is 2.55 bits per heavy atom. The number of hydrogen-bond donors (Lipinski definition) is 1. The van der Waals surface area contributed by atoms with E-state index in [1.165, 1.54) is 31.4 Å². The molecule has 1 N–H and O–H groups in total. The van der Waals surface area contributed by atoms with Gasteiger partial charge in [-0.25, -0.2) is 4.98 Å². The van der Waals surface area contributed by atoms with Gasteiger partial charge in [-0.05, 0) is 48.4 Å². The van der Waals surface area contributed by atoms with E-state index in [0.717, 1.165) is 48.4 Å². The lowest BCUT2D eigenvalue weighted by atomic mass is 9.96. The highest BCUT2D eigenvalue weighted by atomic mass is 19.4. The van der Waals surface area contributed by atoms with Crippen LogP contribution in [0.1, 0.15) is 68.7 Å². The lowest BCUT2D eigenvalue weighted by Crippen LogP contribution is -2.32.